The van der Waals surface area contributed by atoms with Gasteiger partial charge in [0.15, 0.2) is 0 Å². The fourth-order valence-corrected chi connectivity index (χ4v) is 3.51. The zero-order valence-electron chi connectivity index (χ0n) is 15.4. The van der Waals surface area contributed by atoms with E-state index in [4.69, 9.17) is 14.2 Å². The van der Waals surface area contributed by atoms with Crippen LogP contribution in [0.15, 0.2) is 30.6 Å². The van der Waals surface area contributed by atoms with Gasteiger partial charge in [0, 0.05) is 31.3 Å². The zero-order chi connectivity index (χ0) is 18.6. The molecule has 2 aliphatic heterocycles. The number of hydrogen-bond donors (Lipinski definition) is 0. The van der Waals surface area contributed by atoms with Gasteiger partial charge in [-0.2, -0.15) is 0 Å². The van der Waals surface area contributed by atoms with E-state index in [1.54, 1.807) is 24.4 Å². The van der Waals surface area contributed by atoms with Crippen LogP contribution in [0.25, 0.3) is 0 Å². The van der Waals surface area contributed by atoms with E-state index in [9.17, 15) is 4.79 Å². The molecule has 3 heterocycles. The van der Waals surface area contributed by atoms with Crippen molar-refractivity contribution in [1.29, 1.82) is 0 Å². The normalized spacial score (nSPS) is 19.1. The fraction of sp³-hybridized carbons (Fsp3) is 0.450. The lowest BCUT2D eigenvalue weighted by Gasteiger charge is -2.27. The number of nitrogens with zero attached hydrogens (tertiary/aromatic N) is 3. The highest BCUT2D eigenvalue weighted by molar-refractivity contribution is 5.92. The zero-order valence-corrected chi connectivity index (χ0v) is 15.4. The van der Waals surface area contributed by atoms with Gasteiger partial charge in [0.1, 0.15) is 17.2 Å². The molecule has 1 amide bonds. The predicted octanol–water partition coefficient (Wildman–Crippen LogP) is 1.75. The molecule has 1 aromatic heterocycles. The maximum Gasteiger partial charge on any atom is 0.274 e. The van der Waals surface area contributed by atoms with E-state index in [1.807, 2.05) is 18.2 Å². The molecule has 0 radical (unpaired) electrons. The van der Waals surface area contributed by atoms with Crippen LogP contribution in [-0.4, -0.2) is 60.8 Å². The van der Waals surface area contributed by atoms with Crippen molar-refractivity contribution in [3.8, 4) is 11.5 Å². The maximum atomic E-state index is 12.6. The quantitative estimate of drug-likeness (QED) is 0.818. The monoisotopic (exact) mass is 369 g/mol. The summed E-state index contributed by atoms with van der Waals surface area (Å²) in [5, 5.41) is 0. The highest BCUT2D eigenvalue weighted by Crippen LogP contribution is 2.31. The summed E-state index contributed by atoms with van der Waals surface area (Å²) in [6, 6.07) is 5.92. The number of carbonyl (C=O) groups excluding carboxylic acids is 1. The third-order valence-electron chi connectivity index (χ3n) is 4.96. The minimum Gasteiger partial charge on any atom is -0.497 e. The first kappa shape index (κ1) is 17.7. The molecule has 27 heavy (non-hydrogen) atoms. The van der Waals surface area contributed by atoms with Gasteiger partial charge in [-0.1, -0.05) is 6.07 Å². The fourth-order valence-electron chi connectivity index (χ4n) is 3.51. The summed E-state index contributed by atoms with van der Waals surface area (Å²) in [7, 11) is 1.65. The molecule has 1 fully saturated rings. The van der Waals surface area contributed by atoms with Crippen molar-refractivity contribution in [2.24, 2.45) is 5.92 Å². The number of morpholine rings is 1. The summed E-state index contributed by atoms with van der Waals surface area (Å²) in [6.07, 6.45) is 4.91. The van der Waals surface area contributed by atoms with E-state index < -0.39 is 0 Å². The molecule has 0 saturated carbocycles. The number of ether oxygens (including phenoxy) is 3. The summed E-state index contributed by atoms with van der Waals surface area (Å²) in [6.45, 7) is 2.96. The summed E-state index contributed by atoms with van der Waals surface area (Å²) in [4.78, 5) is 23.2. The topological polar surface area (TPSA) is 73.8 Å². The van der Waals surface area contributed by atoms with E-state index in [2.05, 4.69) is 9.97 Å². The molecule has 0 spiro atoms. The van der Waals surface area contributed by atoms with Gasteiger partial charge in [0.05, 0.1) is 38.8 Å². The summed E-state index contributed by atoms with van der Waals surface area (Å²) in [5.74, 6) is 1.90. The van der Waals surface area contributed by atoms with Gasteiger partial charge in [0.25, 0.3) is 5.91 Å². The van der Waals surface area contributed by atoms with Crippen LogP contribution in [0.2, 0.25) is 0 Å². The Morgan fingerprint density at radius 1 is 1.30 bits per heavy atom. The molecular formula is C20H23N3O4. The first-order chi connectivity index (χ1) is 13.2. The summed E-state index contributed by atoms with van der Waals surface area (Å²) >= 11 is 0. The maximum absolute atomic E-state index is 12.6. The summed E-state index contributed by atoms with van der Waals surface area (Å²) < 4.78 is 16.5. The SMILES string of the molecule is COc1ccc2c(c1)OCC(Cc1cncc(C(=O)N3CCOCC3)n1)C2. The van der Waals surface area contributed by atoms with E-state index in [1.165, 1.54) is 5.56 Å². The van der Waals surface area contributed by atoms with Crippen molar-refractivity contribution >= 4 is 5.91 Å². The van der Waals surface area contributed by atoms with Crippen LogP contribution in [0.4, 0.5) is 0 Å². The Morgan fingerprint density at radius 3 is 2.96 bits per heavy atom. The number of carbonyl (C=O) groups is 1. The number of amides is 1. The number of fused-ring (bicyclic) bond motifs is 1. The van der Waals surface area contributed by atoms with Crippen LogP contribution in [0.5, 0.6) is 11.5 Å². The molecule has 1 unspecified atom stereocenters. The average Bonchev–Trinajstić information content (AvgIpc) is 2.73. The highest BCUT2D eigenvalue weighted by Gasteiger charge is 2.23. The van der Waals surface area contributed by atoms with E-state index >= 15 is 0 Å². The van der Waals surface area contributed by atoms with Crippen LogP contribution in [0.3, 0.4) is 0 Å². The minimum absolute atomic E-state index is 0.0787. The Bertz CT molecular complexity index is 821. The first-order valence-corrected chi connectivity index (χ1v) is 9.20. The molecule has 0 N–H and O–H groups in total. The number of methoxy groups -OCH3 is 1. The van der Waals surface area contributed by atoms with Crippen LogP contribution in [0, 0.1) is 5.92 Å². The molecule has 4 rings (SSSR count). The van der Waals surface area contributed by atoms with E-state index in [0.717, 1.165) is 30.0 Å². The van der Waals surface area contributed by atoms with Crippen LogP contribution < -0.4 is 9.47 Å². The highest BCUT2D eigenvalue weighted by atomic mass is 16.5. The standard InChI is InChI=1S/C20H23N3O4/c1-25-17-3-2-15-8-14(13-27-19(15)10-17)9-16-11-21-12-18(22-16)20(24)23-4-6-26-7-5-23/h2-3,10-12,14H,4-9,13H2,1H3. The Kier molecular flexibility index (Phi) is 5.20. The third-order valence-corrected chi connectivity index (χ3v) is 4.96. The van der Waals surface area contributed by atoms with E-state index in [0.29, 0.717) is 44.5 Å². The predicted molar refractivity (Wildman–Crippen MR) is 98.1 cm³/mol. The van der Waals surface area contributed by atoms with Crippen LogP contribution >= 0.6 is 0 Å². The Labute approximate surface area is 158 Å². The summed E-state index contributed by atoms with van der Waals surface area (Å²) in [5.41, 5.74) is 2.39. The molecule has 2 aliphatic rings. The second-order valence-corrected chi connectivity index (χ2v) is 6.86. The lowest BCUT2D eigenvalue weighted by Crippen LogP contribution is -2.41. The Balaban J connectivity index is 1.43. The van der Waals surface area contributed by atoms with Gasteiger partial charge in [-0.15, -0.1) is 0 Å². The first-order valence-electron chi connectivity index (χ1n) is 9.20. The molecule has 0 aliphatic carbocycles. The Hall–Kier alpha value is -2.67. The van der Waals surface area contributed by atoms with Gasteiger partial charge in [-0.05, 0) is 24.5 Å². The van der Waals surface area contributed by atoms with Crippen molar-refractivity contribution < 1.29 is 19.0 Å². The molecule has 1 saturated heterocycles. The van der Waals surface area contributed by atoms with Crippen molar-refractivity contribution in [3.63, 3.8) is 0 Å². The number of aromatic nitrogens is 2. The second kappa shape index (κ2) is 7.92. The van der Waals surface area contributed by atoms with Crippen molar-refractivity contribution in [2.75, 3.05) is 40.0 Å². The molecular weight excluding hydrogens is 346 g/mol. The third kappa shape index (κ3) is 4.03. The van der Waals surface area contributed by atoms with Crippen LogP contribution in [0.1, 0.15) is 21.7 Å². The largest absolute Gasteiger partial charge is 0.497 e. The van der Waals surface area contributed by atoms with Crippen molar-refractivity contribution in [3.05, 3.63) is 47.5 Å². The van der Waals surface area contributed by atoms with Gasteiger partial charge >= 0.3 is 0 Å². The molecule has 142 valence electrons. The van der Waals surface area contributed by atoms with Crippen LogP contribution in [-0.2, 0) is 17.6 Å². The van der Waals surface area contributed by atoms with Gasteiger partial charge < -0.3 is 19.1 Å². The molecule has 2 aromatic rings. The van der Waals surface area contributed by atoms with Gasteiger partial charge in [-0.3, -0.25) is 9.78 Å². The van der Waals surface area contributed by atoms with Gasteiger partial charge in [0.2, 0.25) is 0 Å². The number of benzene rings is 1. The number of hydrogen-bond acceptors (Lipinski definition) is 6. The molecule has 7 heteroatoms. The van der Waals surface area contributed by atoms with E-state index in [-0.39, 0.29) is 5.91 Å². The molecule has 1 aromatic carbocycles. The lowest BCUT2D eigenvalue weighted by molar-refractivity contribution is 0.0298. The molecule has 7 nitrogen and oxygen atoms in total. The van der Waals surface area contributed by atoms with Crippen molar-refractivity contribution in [1.82, 2.24) is 14.9 Å². The second-order valence-electron chi connectivity index (χ2n) is 6.86. The molecule has 1 atom stereocenters. The average molecular weight is 369 g/mol. The van der Waals surface area contributed by atoms with Crippen molar-refractivity contribution in [2.45, 2.75) is 12.8 Å². The lowest BCUT2D eigenvalue weighted by atomic mass is 9.93. The minimum atomic E-state index is -0.0787. The number of rotatable bonds is 4. The van der Waals surface area contributed by atoms with Gasteiger partial charge in [-0.25, -0.2) is 4.98 Å². The molecule has 0 bridgehead atoms. The Morgan fingerprint density at radius 2 is 2.15 bits per heavy atom. The smallest absolute Gasteiger partial charge is 0.274 e.